The van der Waals surface area contributed by atoms with Gasteiger partial charge in [0.1, 0.15) is 5.56 Å². The highest BCUT2D eigenvalue weighted by Crippen LogP contribution is 2.35. The summed E-state index contributed by atoms with van der Waals surface area (Å²) in [5.74, 6) is -1.14. The molecule has 0 spiro atoms. The van der Waals surface area contributed by atoms with Gasteiger partial charge in [0.2, 0.25) is 0 Å². The van der Waals surface area contributed by atoms with Crippen LogP contribution in [0.25, 0.3) is 0 Å². The van der Waals surface area contributed by atoms with Crippen molar-refractivity contribution < 1.29 is 28.7 Å². The van der Waals surface area contributed by atoms with Gasteiger partial charge in [-0.2, -0.15) is 0 Å². The summed E-state index contributed by atoms with van der Waals surface area (Å²) in [7, 11) is 1.36. The number of nitro benzene ring substituents is 1. The number of esters is 1. The average molecular weight is 420 g/mol. The Balaban J connectivity index is 2.03. The SMILES string of the molecule is CCOc1cc([N+](=O)[O-])c(C(=O)O[C@H](C)C(=O)NCCC2=CCCCC2)cc1OC. The van der Waals surface area contributed by atoms with Crippen LogP contribution in [0.4, 0.5) is 5.69 Å². The van der Waals surface area contributed by atoms with Crippen LogP contribution < -0.4 is 14.8 Å². The van der Waals surface area contributed by atoms with Crippen LogP contribution in [0.5, 0.6) is 11.5 Å². The van der Waals surface area contributed by atoms with Crippen molar-refractivity contribution in [3.63, 3.8) is 0 Å². The standard InChI is InChI=1S/C21H28N2O7/c1-4-29-19-13-17(23(26)27)16(12-18(19)28-3)21(25)30-14(2)20(24)22-11-10-15-8-6-5-7-9-15/h8,12-14H,4-7,9-11H2,1-3H3,(H,22,24)/t14-/m1/s1. The first kappa shape index (κ1) is 23.2. The Kier molecular flexibility index (Phi) is 8.64. The lowest BCUT2D eigenvalue weighted by atomic mass is 9.97. The molecule has 9 heteroatoms. The Labute approximate surface area is 175 Å². The molecule has 1 aliphatic rings. The minimum absolute atomic E-state index is 0.144. The van der Waals surface area contributed by atoms with E-state index >= 15 is 0 Å². The Bertz CT molecular complexity index is 820. The van der Waals surface area contributed by atoms with Gasteiger partial charge in [-0.3, -0.25) is 14.9 Å². The monoisotopic (exact) mass is 420 g/mol. The maximum Gasteiger partial charge on any atom is 0.346 e. The highest BCUT2D eigenvalue weighted by molar-refractivity contribution is 5.96. The van der Waals surface area contributed by atoms with Gasteiger partial charge in [0.05, 0.1) is 24.7 Å². The zero-order valence-corrected chi connectivity index (χ0v) is 17.6. The lowest BCUT2D eigenvalue weighted by Crippen LogP contribution is -2.36. The van der Waals surface area contributed by atoms with Gasteiger partial charge in [0.15, 0.2) is 17.6 Å². The molecule has 1 atom stereocenters. The number of benzene rings is 1. The van der Waals surface area contributed by atoms with Crippen LogP contribution in [0.15, 0.2) is 23.8 Å². The van der Waals surface area contributed by atoms with Gasteiger partial charge in [-0.15, -0.1) is 0 Å². The van der Waals surface area contributed by atoms with Crippen LogP contribution in [0.3, 0.4) is 0 Å². The largest absolute Gasteiger partial charge is 0.493 e. The molecule has 1 N–H and O–H groups in total. The summed E-state index contributed by atoms with van der Waals surface area (Å²) in [6.07, 6.45) is 6.34. The first-order valence-corrected chi connectivity index (χ1v) is 10.0. The van der Waals surface area contributed by atoms with Crippen molar-refractivity contribution in [2.75, 3.05) is 20.3 Å². The zero-order chi connectivity index (χ0) is 22.1. The molecule has 1 aliphatic carbocycles. The number of rotatable bonds is 10. The third-order valence-corrected chi connectivity index (χ3v) is 4.78. The lowest BCUT2D eigenvalue weighted by Gasteiger charge is -2.16. The predicted octanol–water partition coefficient (Wildman–Crippen LogP) is 3.55. The molecule has 0 heterocycles. The molecule has 1 amide bonds. The average Bonchev–Trinajstić information content (AvgIpc) is 2.74. The van der Waals surface area contributed by atoms with Crippen LogP contribution in [-0.2, 0) is 9.53 Å². The number of allylic oxidation sites excluding steroid dienone is 1. The molecular weight excluding hydrogens is 392 g/mol. The number of hydrogen-bond donors (Lipinski definition) is 1. The molecule has 0 radical (unpaired) electrons. The van der Waals surface area contributed by atoms with E-state index in [1.54, 1.807) is 6.92 Å². The van der Waals surface area contributed by atoms with Crippen molar-refractivity contribution >= 4 is 17.6 Å². The normalized spacial score (nSPS) is 14.3. The Morgan fingerprint density at radius 2 is 2.03 bits per heavy atom. The zero-order valence-electron chi connectivity index (χ0n) is 17.6. The number of nitro groups is 1. The number of carbonyl (C=O) groups excluding carboxylic acids is 2. The third kappa shape index (κ3) is 6.20. The molecule has 1 aromatic rings. The van der Waals surface area contributed by atoms with E-state index in [-0.39, 0.29) is 23.7 Å². The number of nitrogens with one attached hydrogen (secondary N) is 1. The molecule has 0 unspecified atom stereocenters. The predicted molar refractivity (Wildman–Crippen MR) is 110 cm³/mol. The third-order valence-electron chi connectivity index (χ3n) is 4.78. The van der Waals surface area contributed by atoms with Crippen LogP contribution in [0, 0.1) is 10.1 Å². The topological polar surface area (TPSA) is 117 Å². The molecule has 1 aromatic carbocycles. The summed E-state index contributed by atoms with van der Waals surface area (Å²) in [6.45, 7) is 3.86. The summed E-state index contributed by atoms with van der Waals surface area (Å²) in [4.78, 5) is 35.5. The highest BCUT2D eigenvalue weighted by Gasteiger charge is 2.28. The summed E-state index contributed by atoms with van der Waals surface area (Å²) < 4.78 is 15.6. The molecule has 30 heavy (non-hydrogen) atoms. The van der Waals surface area contributed by atoms with E-state index in [1.807, 2.05) is 0 Å². The summed E-state index contributed by atoms with van der Waals surface area (Å²) in [5.41, 5.74) is 0.525. The second-order valence-corrected chi connectivity index (χ2v) is 6.91. The number of carbonyl (C=O) groups is 2. The molecule has 0 fully saturated rings. The van der Waals surface area contributed by atoms with Crippen LogP contribution in [0.2, 0.25) is 0 Å². The molecular formula is C21H28N2O7. The van der Waals surface area contributed by atoms with Gasteiger partial charge < -0.3 is 19.5 Å². The van der Waals surface area contributed by atoms with E-state index in [0.717, 1.165) is 31.7 Å². The van der Waals surface area contributed by atoms with Crippen LogP contribution in [-0.4, -0.2) is 43.2 Å². The Hall–Kier alpha value is -3.10. The van der Waals surface area contributed by atoms with E-state index in [0.29, 0.717) is 6.54 Å². The fourth-order valence-electron chi connectivity index (χ4n) is 3.19. The van der Waals surface area contributed by atoms with Gasteiger partial charge >= 0.3 is 5.97 Å². The smallest absolute Gasteiger partial charge is 0.346 e. The Morgan fingerprint density at radius 1 is 1.27 bits per heavy atom. The second-order valence-electron chi connectivity index (χ2n) is 6.91. The summed E-state index contributed by atoms with van der Waals surface area (Å²) in [6, 6.07) is 2.30. The quantitative estimate of drug-likeness (QED) is 0.266. The first-order valence-electron chi connectivity index (χ1n) is 10.0. The van der Waals surface area contributed by atoms with Crippen molar-refractivity contribution in [1.29, 1.82) is 0 Å². The van der Waals surface area contributed by atoms with E-state index in [9.17, 15) is 19.7 Å². The van der Waals surface area contributed by atoms with E-state index in [4.69, 9.17) is 14.2 Å². The van der Waals surface area contributed by atoms with Crippen LogP contribution >= 0.6 is 0 Å². The van der Waals surface area contributed by atoms with Crippen molar-refractivity contribution in [2.45, 2.75) is 52.1 Å². The summed E-state index contributed by atoms with van der Waals surface area (Å²) in [5, 5.41) is 14.1. The number of ether oxygens (including phenoxy) is 3. The molecule has 0 saturated carbocycles. The number of methoxy groups -OCH3 is 1. The van der Waals surface area contributed by atoms with Gasteiger partial charge in [-0.1, -0.05) is 11.6 Å². The van der Waals surface area contributed by atoms with E-state index in [1.165, 1.54) is 32.1 Å². The number of amides is 1. The fraction of sp³-hybridized carbons (Fsp3) is 0.524. The lowest BCUT2D eigenvalue weighted by molar-refractivity contribution is -0.385. The van der Waals surface area contributed by atoms with Crippen molar-refractivity contribution in [2.24, 2.45) is 0 Å². The highest BCUT2D eigenvalue weighted by atomic mass is 16.6. The molecule has 0 aromatic heterocycles. The number of hydrogen-bond acceptors (Lipinski definition) is 7. The van der Waals surface area contributed by atoms with Gasteiger partial charge in [0.25, 0.3) is 11.6 Å². The number of nitrogens with zero attached hydrogens (tertiary/aromatic N) is 1. The minimum Gasteiger partial charge on any atom is -0.493 e. The summed E-state index contributed by atoms with van der Waals surface area (Å²) >= 11 is 0. The molecule has 9 nitrogen and oxygen atoms in total. The van der Waals surface area contributed by atoms with Crippen LogP contribution in [0.1, 0.15) is 56.3 Å². The molecule has 0 aliphatic heterocycles. The molecule has 0 saturated heterocycles. The molecule has 0 bridgehead atoms. The van der Waals surface area contributed by atoms with Gasteiger partial charge in [0, 0.05) is 12.6 Å². The first-order chi connectivity index (χ1) is 14.4. The molecule has 2 rings (SSSR count). The fourth-order valence-corrected chi connectivity index (χ4v) is 3.19. The van der Waals surface area contributed by atoms with Gasteiger partial charge in [-0.05, 0) is 46.0 Å². The van der Waals surface area contributed by atoms with Crippen molar-refractivity contribution in [1.82, 2.24) is 5.32 Å². The second kappa shape index (κ2) is 11.2. The maximum atomic E-state index is 12.5. The maximum absolute atomic E-state index is 12.5. The van der Waals surface area contributed by atoms with Gasteiger partial charge in [-0.25, -0.2) is 4.79 Å². The van der Waals surface area contributed by atoms with Crippen molar-refractivity contribution in [3.8, 4) is 11.5 Å². The Morgan fingerprint density at radius 3 is 2.63 bits per heavy atom. The minimum atomic E-state index is -1.10. The van der Waals surface area contributed by atoms with E-state index in [2.05, 4.69) is 11.4 Å². The molecule has 164 valence electrons. The van der Waals surface area contributed by atoms with Crippen molar-refractivity contribution in [3.05, 3.63) is 39.5 Å². The van der Waals surface area contributed by atoms with E-state index < -0.39 is 28.6 Å².